The molecule has 2 saturated carbocycles. The van der Waals surface area contributed by atoms with Crippen LogP contribution in [0.5, 0.6) is 11.5 Å². The Balaban J connectivity index is 1.59. The maximum atomic E-state index is 12.3. The SMILES string of the molecule is COc1cc(C(=O)OCC(=O)N/N=C2\CC3CCC2(C)C3(C)C)cc(Cl)c1OC. The molecular formula is C21H27ClN2O5. The number of hydrazone groups is 1. The zero-order chi connectivity index (χ0) is 21.4. The maximum absolute atomic E-state index is 12.3. The number of amides is 1. The molecule has 2 aliphatic carbocycles. The van der Waals surface area contributed by atoms with Crippen LogP contribution in [0.1, 0.15) is 50.4 Å². The van der Waals surface area contributed by atoms with E-state index in [0.717, 1.165) is 18.6 Å². The van der Waals surface area contributed by atoms with E-state index in [-0.39, 0.29) is 21.4 Å². The number of ether oxygens (including phenoxy) is 3. The van der Waals surface area contributed by atoms with E-state index in [1.165, 1.54) is 32.8 Å². The number of nitrogens with zero attached hydrogens (tertiary/aromatic N) is 1. The summed E-state index contributed by atoms with van der Waals surface area (Å²) in [7, 11) is 2.89. The normalized spacial score (nSPS) is 25.7. The van der Waals surface area contributed by atoms with Gasteiger partial charge in [0.05, 0.1) is 24.8 Å². The molecule has 2 bridgehead atoms. The minimum Gasteiger partial charge on any atom is -0.493 e. The summed E-state index contributed by atoms with van der Waals surface area (Å²) in [5, 5.41) is 4.57. The zero-order valence-corrected chi connectivity index (χ0v) is 18.2. The second kappa shape index (κ2) is 7.86. The van der Waals surface area contributed by atoms with Crippen molar-refractivity contribution in [1.29, 1.82) is 0 Å². The predicted octanol–water partition coefficient (Wildman–Crippen LogP) is 3.83. The van der Waals surface area contributed by atoms with Crippen LogP contribution in [0.3, 0.4) is 0 Å². The fourth-order valence-electron chi connectivity index (χ4n) is 4.51. The lowest BCUT2D eigenvalue weighted by Gasteiger charge is -2.34. The van der Waals surface area contributed by atoms with Crippen LogP contribution < -0.4 is 14.9 Å². The van der Waals surface area contributed by atoms with Crippen molar-refractivity contribution in [2.75, 3.05) is 20.8 Å². The summed E-state index contributed by atoms with van der Waals surface area (Å²) < 4.78 is 15.4. The van der Waals surface area contributed by atoms with Crippen molar-refractivity contribution in [1.82, 2.24) is 5.43 Å². The van der Waals surface area contributed by atoms with Crippen molar-refractivity contribution < 1.29 is 23.8 Å². The second-order valence-corrected chi connectivity index (χ2v) is 8.76. The van der Waals surface area contributed by atoms with E-state index in [9.17, 15) is 9.59 Å². The third kappa shape index (κ3) is 3.68. The fourth-order valence-corrected chi connectivity index (χ4v) is 4.80. The van der Waals surface area contributed by atoms with Gasteiger partial charge in [0.2, 0.25) is 0 Å². The van der Waals surface area contributed by atoms with Crippen LogP contribution in [-0.2, 0) is 9.53 Å². The van der Waals surface area contributed by atoms with Gasteiger partial charge in [0.15, 0.2) is 18.1 Å². The third-order valence-electron chi connectivity index (χ3n) is 6.83. The number of hydrogen-bond acceptors (Lipinski definition) is 6. The summed E-state index contributed by atoms with van der Waals surface area (Å²) in [6, 6.07) is 2.85. The largest absolute Gasteiger partial charge is 0.493 e. The van der Waals surface area contributed by atoms with E-state index in [1.54, 1.807) is 0 Å². The molecule has 2 unspecified atom stereocenters. The molecule has 158 valence electrons. The van der Waals surface area contributed by atoms with Crippen LogP contribution in [0.25, 0.3) is 0 Å². The van der Waals surface area contributed by atoms with Gasteiger partial charge in [-0.3, -0.25) is 4.79 Å². The van der Waals surface area contributed by atoms with Crippen LogP contribution >= 0.6 is 11.6 Å². The van der Waals surface area contributed by atoms with Gasteiger partial charge in [-0.2, -0.15) is 5.10 Å². The molecule has 0 heterocycles. The van der Waals surface area contributed by atoms with Gasteiger partial charge in [0.1, 0.15) is 0 Å². The average molecular weight is 423 g/mol. The number of benzene rings is 1. The Labute approximate surface area is 175 Å². The molecule has 0 aromatic heterocycles. The Morgan fingerprint density at radius 1 is 1.24 bits per heavy atom. The van der Waals surface area contributed by atoms with Crippen molar-refractivity contribution in [2.24, 2.45) is 21.8 Å². The highest BCUT2D eigenvalue weighted by atomic mass is 35.5. The molecule has 0 radical (unpaired) electrons. The highest BCUT2D eigenvalue weighted by molar-refractivity contribution is 6.32. The van der Waals surface area contributed by atoms with Crippen molar-refractivity contribution in [3.63, 3.8) is 0 Å². The number of rotatable bonds is 6. The quantitative estimate of drug-likeness (QED) is 0.556. The van der Waals surface area contributed by atoms with Crippen LogP contribution in [0.2, 0.25) is 5.02 Å². The molecule has 2 atom stereocenters. The van der Waals surface area contributed by atoms with E-state index in [1.807, 2.05) is 0 Å². The number of carbonyl (C=O) groups is 2. The van der Waals surface area contributed by atoms with E-state index < -0.39 is 18.5 Å². The summed E-state index contributed by atoms with van der Waals surface area (Å²) in [5.41, 5.74) is 3.89. The number of nitrogens with one attached hydrogen (secondary N) is 1. The van der Waals surface area contributed by atoms with E-state index >= 15 is 0 Å². The zero-order valence-electron chi connectivity index (χ0n) is 17.4. The predicted molar refractivity (Wildman–Crippen MR) is 110 cm³/mol. The van der Waals surface area contributed by atoms with Gasteiger partial charge < -0.3 is 14.2 Å². The number of carbonyl (C=O) groups excluding carboxylic acids is 2. The Hall–Kier alpha value is -2.28. The first-order valence-electron chi connectivity index (χ1n) is 9.58. The molecule has 7 nitrogen and oxygen atoms in total. The fraction of sp³-hybridized carbons (Fsp3) is 0.571. The molecular weight excluding hydrogens is 396 g/mol. The summed E-state index contributed by atoms with van der Waals surface area (Å²) in [4.78, 5) is 24.4. The topological polar surface area (TPSA) is 86.2 Å². The Morgan fingerprint density at radius 2 is 1.97 bits per heavy atom. The van der Waals surface area contributed by atoms with Gasteiger partial charge in [-0.05, 0) is 42.7 Å². The minimum atomic E-state index is -0.691. The highest BCUT2D eigenvalue weighted by Crippen LogP contribution is 2.63. The number of halogens is 1. The Bertz CT molecular complexity index is 867. The first-order valence-corrected chi connectivity index (χ1v) is 9.96. The molecule has 2 aliphatic rings. The molecule has 0 aliphatic heterocycles. The Kier molecular flexibility index (Phi) is 5.81. The molecule has 8 heteroatoms. The molecule has 3 rings (SSSR count). The van der Waals surface area contributed by atoms with Crippen LogP contribution in [0.4, 0.5) is 0 Å². The third-order valence-corrected chi connectivity index (χ3v) is 7.11. The van der Waals surface area contributed by atoms with Crippen molar-refractivity contribution >= 4 is 29.2 Å². The molecule has 1 amide bonds. The summed E-state index contributed by atoms with van der Waals surface area (Å²) in [6.07, 6.45) is 3.17. The summed E-state index contributed by atoms with van der Waals surface area (Å²) >= 11 is 6.10. The summed E-state index contributed by atoms with van der Waals surface area (Å²) in [5.74, 6) is 0.0394. The monoisotopic (exact) mass is 422 g/mol. The van der Waals surface area contributed by atoms with E-state index in [2.05, 4.69) is 31.3 Å². The molecule has 29 heavy (non-hydrogen) atoms. The number of methoxy groups -OCH3 is 2. The molecule has 1 N–H and O–H groups in total. The molecule has 1 aromatic rings. The first kappa shape index (κ1) is 21.4. The standard InChI is InChI=1S/C21H27ClN2O5/c1-20(2)13-6-7-21(20,3)16(10-13)23-24-17(25)11-29-19(26)12-8-14(22)18(28-5)15(9-12)27-4/h8-9,13H,6-7,10-11H2,1-5H3,(H,24,25)/b23-16+. The van der Waals surface area contributed by atoms with Crippen LogP contribution in [-0.4, -0.2) is 38.4 Å². The van der Waals surface area contributed by atoms with Gasteiger partial charge in [-0.1, -0.05) is 32.4 Å². The lowest BCUT2D eigenvalue weighted by molar-refractivity contribution is -0.124. The smallest absolute Gasteiger partial charge is 0.338 e. The minimum absolute atomic E-state index is 0.00196. The number of esters is 1. The summed E-state index contributed by atoms with van der Waals surface area (Å²) in [6.45, 7) is 6.31. The van der Waals surface area contributed by atoms with Crippen molar-refractivity contribution in [3.05, 3.63) is 22.7 Å². The van der Waals surface area contributed by atoms with E-state index in [0.29, 0.717) is 17.4 Å². The van der Waals surface area contributed by atoms with Gasteiger partial charge in [0.25, 0.3) is 5.91 Å². The lowest BCUT2D eigenvalue weighted by Crippen LogP contribution is -2.34. The van der Waals surface area contributed by atoms with Crippen LogP contribution in [0, 0.1) is 16.7 Å². The van der Waals surface area contributed by atoms with E-state index in [4.69, 9.17) is 25.8 Å². The van der Waals surface area contributed by atoms with Crippen molar-refractivity contribution in [2.45, 2.75) is 40.0 Å². The molecule has 2 fully saturated rings. The van der Waals surface area contributed by atoms with Gasteiger partial charge in [0, 0.05) is 11.1 Å². The van der Waals surface area contributed by atoms with Gasteiger partial charge >= 0.3 is 5.97 Å². The molecule has 1 aromatic carbocycles. The highest BCUT2D eigenvalue weighted by Gasteiger charge is 2.60. The van der Waals surface area contributed by atoms with Gasteiger partial charge in [-0.15, -0.1) is 0 Å². The number of fused-ring (bicyclic) bond motifs is 2. The van der Waals surface area contributed by atoms with Gasteiger partial charge in [-0.25, -0.2) is 10.2 Å². The molecule has 0 spiro atoms. The number of hydrogen-bond donors (Lipinski definition) is 1. The first-order chi connectivity index (χ1) is 13.6. The van der Waals surface area contributed by atoms with Crippen molar-refractivity contribution in [3.8, 4) is 11.5 Å². The van der Waals surface area contributed by atoms with Crippen LogP contribution in [0.15, 0.2) is 17.2 Å². The second-order valence-electron chi connectivity index (χ2n) is 8.36. The molecule has 0 saturated heterocycles. The Morgan fingerprint density at radius 3 is 2.52 bits per heavy atom. The maximum Gasteiger partial charge on any atom is 0.338 e. The lowest BCUT2D eigenvalue weighted by atomic mass is 9.70. The average Bonchev–Trinajstić information content (AvgIpc) is 3.02.